The van der Waals surface area contributed by atoms with Gasteiger partial charge >= 0.3 is 0 Å². The Hall–Kier alpha value is -0.730. The van der Waals surface area contributed by atoms with E-state index in [9.17, 15) is 4.79 Å². The molecule has 100 valence electrons. The van der Waals surface area contributed by atoms with E-state index in [1.807, 2.05) is 12.1 Å². The fourth-order valence-corrected chi connectivity index (χ4v) is 1.97. The van der Waals surface area contributed by atoms with E-state index in [4.69, 9.17) is 23.2 Å². The molecule has 0 aromatic heterocycles. The minimum absolute atomic E-state index is 0.0645. The van der Waals surface area contributed by atoms with Gasteiger partial charge in [0.25, 0.3) is 0 Å². The normalized spacial score (nSPS) is 10.3. The molecule has 0 spiro atoms. The maximum atomic E-state index is 11.6. The smallest absolute Gasteiger partial charge is 0.224 e. The minimum atomic E-state index is 0.0645. The van der Waals surface area contributed by atoms with Crippen LogP contribution in [0.2, 0.25) is 5.02 Å². The summed E-state index contributed by atoms with van der Waals surface area (Å²) in [6, 6.07) is 7.36. The van der Waals surface area contributed by atoms with E-state index in [2.05, 4.69) is 5.32 Å². The Balaban J connectivity index is 2.12. The van der Waals surface area contributed by atoms with Crippen molar-refractivity contribution in [1.29, 1.82) is 0 Å². The quantitative estimate of drug-likeness (QED) is 0.572. The second-order valence-electron chi connectivity index (χ2n) is 4.26. The fourth-order valence-electron chi connectivity index (χ4n) is 1.65. The van der Waals surface area contributed by atoms with Crippen molar-refractivity contribution in [2.24, 2.45) is 0 Å². The molecule has 4 heteroatoms. The highest BCUT2D eigenvalue weighted by Gasteiger charge is 2.02. The van der Waals surface area contributed by atoms with Gasteiger partial charge < -0.3 is 5.32 Å². The van der Waals surface area contributed by atoms with Crippen LogP contribution in [0.4, 0.5) is 0 Å². The maximum absolute atomic E-state index is 11.6. The van der Waals surface area contributed by atoms with Gasteiger partial charge in [-0.15, -0.1) is 11.6 Å². The Morgan fingerprint density at radius 2 is 1.72 bits per heavy atom. The molecule has 1 aromatic carbocycles. The second kappa shape index (κ2) is 9.23. The van der Waals surface area contributed by atoms with Gasteiger partial charge in [0.1, 0.15) is 0 Å². The van der Waals surface area contributed by atoms with Gasteiger partial charge in [0.2, 0.25) is 5.91 Å². The molecule has 1 amide bonds. The van der Waals surface area contributed by atoms with Crippen LogP contribution in [0.25, 0.3) is 0 Å². The van der Waals surface area contributed by atoms with Crippen LogP contribution in [0.5, 0.6) is 0 Å². The molecular formula is C14H19Cl2NO. The van der Waals surface area contributed by atoms with Crippen molar-refractivity contribution in [3.8, 4) is 0 Å². The first-order chi connectivity index (χ1) is 8.72. The number of halogens is 2. The molecule has 0 saturated heterocycles. The lowest BCUT2D eigenvalue weighted by Crippen LogP contribution is -2.26. The van der Waals surface area contributed by atoms with Gasteiger partial charge in [-0.25, -0.2) is 0 Å². The van der Waals surface area contributed by atoms with Gasteiger partial charge in [-0.2, -0.15) is 0 Å². The van der Waals surface area contributed by atoms with Crippen molar-refractivity contribution in [3.05, 3.63) is 34.9 Å². The number of hydrogen-bond donors (Lipinski definition) is 1. The third-order valence-corrected chi connectivity index (χ3v) is 3.18. The van der Waals surface area contributed by atoms with E-state index in [0.717, 1.165) is 43.7 Å². The van der Waals surface area contributed by atoms with Crippen LogP contribution in [0.3, 0.4) is 0 Å². The van der Waals surface area contributed by atoms with Gasteiger partial charge in [-0.05, 0) is 30.5 Å². The van der Waals surface area contributed by atoms with E-state index in [-0.39, 0.29) is 5.91 Å². The number of benzene rings is 1. The lowest BCUT2D eigenvalue weighted by molar-refractivity contribution is -0.120. The molecule has 0 aliphatic rings. The van der Waals surface area contributed by atoms with Crippen LogP contribution >= 0.6 is 23.2 Å². The average Bonchev–Trinajstić information content (AvgIpc) is 2.36. The van der Waals surface area contributed by atoms with Crippen molar-refractivity contribution in [2.75, 3.05) is 12.4 Å². The maximum Gasteiger partial charge on any atom is 0.224 e. The van der Waals surface area contributed by atoms with Crippen molar-refractivity contribution < 1.29 is 4.79 Å². The SMILES string of the molecule is O=C(Cc1ccc(Cl)cc1)NCCCCCCCl. The Morgan fingerprint density at radius 1 is 1.06 bits per heavy atom. The van der Waals surface area contributed by atoms with Crippen molar-refractivity contribution in [1.82, 2.24) is 5.32 Å². The predicted molar refractivity (Wildman–Crippen MR) is 77.4 cm³/mol. The van der Waals surface area contributed by atoms with Crippen LogP contribution in [0.1, 0.15) is 31.2 Å². The first-order valence-corrected chi connectivity index (χ1v) is 7.20. The highest BCUT2D eigenvalue weighted by atomic mass is 35.5. The Morgan fingerprint density at radius 3 is 2.39 bits per heavy atom. The zero-order valence-electron chi connectivity index (χ0n) is 10.4. The van der Waals surface area contributed by atoms with Gasteiger partial charge in [0.05, 0.1) is 6.42 Å². The second-order valence-corrected chi connectivity index (χ2v) is 5.07. The summed E-state index contributed by atoms with van der Waals surface area (Å²) in [5.41, 5.74) is 0.985. The number of rotatable bonds is 8. The predicted octanol–water partition coefficient (Wildman–Crippen LogP) is 3.80. The van der Waals surface area contributed by atoms with Crippen molar-refractivity contribution >= 4 is 29.1 Å². The molecular weight excluding hydrogens is 269 g/mol. The molecule has 0 unspecified atom stereocenters. The number of amides is 1. The molecule has 0 atom stereocenters. The zero-order chi connectivity index (χ0) is 13.2. The minimum Gasteiger partial charge on any atom is -0.356 e. The molecule has 0 aliphatic carbocycles. The molecule has 2 nitrogen and oxygen atoms in total. The van der Waals surface area contributed by atoms with E-state index in [1.54, 1.807) is 12.1 Å². The topological polar surface area (TPSA) is 29.1 Å². The molecule has 1 N–H and O–H groups in total. The number of alkyl halides is 1. The highest BCUT2D eigenvalue weighted by Crippen LogP contribution is 2.09. The third kappa shape index (κ3) is 6.87. The molecule has 0 heterocycles. The lowest BCUT2D eigenvalue weighted by Gasteiger charge is -2.05. The summed E-state index contributed by atoms with van der Waals surface area (Å²) < 4.78 is 0. The standard InChI is InChI=1S/C14H19Cl2NO/c15-9-3-1-2-4-10-17-14(18)11-12-5-7-13(16)8-6-12/h5-8H,1-4,9-11H2,(H,17,18). The fraction of sp³-hybridized carbons (Fsp3) is 0.500. The van der Waals surface area contributed by atoms with Gasteiger partial charge in [-0.3, -0.25) is 4.79 Å². The lowest BCUT2D eigenvalue weighted by atomic mass is 10.1. The van der Waals surface area contributed by atoms with Crippen LogP contribution in [-0.4, -0.2) is 18.3 Å². The number of carbonyl (C=O) groups is 1. The van der Waals surface area contributed by atoms with Crippen LogP contribution < -0.4 is 5.32 Å². The van der Waals surface area contributed by atoms with Gasteiger partial charge in [0, 0.05) is 17.4 Å². The summed E-state index contributed by atoms with van der Waals surface area (Å²) >= 11 is 11.4. The summed E-state index contributed by atoms with van der Waals surface area (Å²) in [4.78, 5) is 11.6. The van der Waals surface area contributed by atoms with E-state index in [1.165, 1.54) is 0 Å². The molecule has 0 fully saturated rings. The number of nitrogens with one attached hydrogen (secondary N) is 1. The van der Waals surface area contributed by atoms with Crippen LogP contribution in [0.15, 0.2) is 24.3 Å². The van der Waals surface area contributed by atoms with Crippen LogP contribution in [0, 0.1) is 0 Å². The Labute approximate surface area is 119 Å². The number of carbonyl (C=O) groups excluding carboxylic acids is 1. The summed E-state index contributed by atoms with van der Waals surface area (Å²) in [5.74, 6) is 0.790. The summed E-state index contributed by atoms with van der Waals surface area (Å²) in [5, 5.41) is 3.61. The Bertz CT molecular complexity index is 351. The van der Waals surface area contributed by atoms with E-state index in [0.29, 0.717) is 11.4 Å². The molecule has 0 radical (unpaired) electrons. The van der Waals surface area contributed by atoms with Gasteiger partial charge in [-0.1, -0.05) is 36.6 Å². The summed E-state index contributed by atoms with van der Waals surface area (Å²) in [6.07, 6.45) is 4.74. The number of hydrogen-bond acceptors (Lipinski definition) is 1. The third-order valence-electron chi connectivity index (χ3n) is 2.66. The van der Waals surface area contributed by atoms with E-state index >= 15 is 0 Å². The largest absolute Gasteiger partial charge is 0.356 e. The number of unbranched alkanes of at least 4 members (excludes halogenated alkanes) is 3. The van der Waals surface area contributed by atoms with Crippen molar-refractivity contribution in [2.45, 2.75) is 32.1 Å². The molecule has 0 saturated carbocycles. The Kier molecular flexibility index (Phi) is 7.86. The molecule has 1 rings (SSSR count). The van der Waals surface area contributed by atoms with E-state index < -0.39 is 0 Å². The molecule has 0 aliphatic heterocycles. The first-order valence-electron chi connectivity index (χ1n) is 6.29. The van der Waals surface area contributed by atoms with Crippen molar-refractivity contribution in [3.63, 3.8) is 0 Å². The molecule has 0 bridgehead atoms. The van der Waals surface area contributed by atoms with Gasteiger partial charge in [0.15, 0.2) is 0 Å². The summed E-state index contributed by atoms with van der Waals surface area (Å²) in [6.45, 7) is 0.745. The zero-order valence-corrected chi connectivity index (χ0v) is 11.9. The molecule has 18 heavy (non-hydrogen) atoms. The highest BCUT2D eigenvalue weighted by molar-refractivity contribution is 6.30. The monoisotopic (exact) mass is 287 g/mol. The molecule has 1 aromatic rings. The first kappa shape index (κ1) is 15.3. The summed E-state index contributed by atoms with van der Waals surface area (Å²) in [7, 11) is 0. The van der Waals surface area contributed by atoms with Crippen LogP contribution in [-0.2, 0) is 11.2 Å². The average molecular weight is 288 g/mol.